The van der Waals surface area contributed by atoms with Crippen LogP contribution in [0.1, 0.15) is 24.0 Å². The zero-order chi connectivity index (χ0) is 17.5. The first-order valence-electron chi connectivity index (χ1n) is 7.26. The molecule has 0 aliphatic heterocycles. The zero-order valence-electron chi connectivity index (χ0n) is 13.3. The molecule has 0 fully saturated rings. The Balaban J connectivity index is 2.02. The lowest BCUT2D eigenvalue weighted by atomic mass is 10.1. The molecule has 1 N–H and O–H groups in total. The van der Waals surface area contributed by atoms with Crippen molar-refractivity contribution >= 4 is 40.5 Å². The highest BCUT2D eigenvalue weighted by Crippen LogP contribution is 2.23. The number of halogens is 2. The fourth-order valence-electron chi connectivity index (χ4n) is 2.11. The van der Waals surface area contributed by atoms with Gasteiger partial charge in [0.25, 0.3) is 0 Å². The van der Waals surface area contributed by atoms with Gasteiger partial charge in [-0.25, -0.2) is 0 Å². The quantitative estimate of drug-likeness (QED) is 0.606. The first-order chi connectivity index (χ1) is 11.5. The fourth-order valence-corrected chi connectivity index (χ4v) is 2.41. The maximum atomic E-state index is 12.1. The smallest absolute Gasteiger partial charge is 0.224 e. The van der Waals surface area contributed by atoms with Crippen LogP contribution in [0.3, 0.4) is 0 Å². The van der Waals surface area contributed by atoms with Gasteiger partial charge in [-0.3, -0.25) is 9.78 Å². The number of anilines is 1. The summed E-state index contributed by atoms with van der Waals surface area (Å²) in [5.41, 5.74) is 3.02. The minimum Gasteiger partial charge on any atom is -0.399 e. The molecule has 0 radical (unpaired) electrons. The maximum Gasteiger partial charge on any atom is 0.224 e. The van der Waals surface area contributed by atoms with Gasteiger partial charge in [0, 0.05) is 24.6 Å². The van der Waals surface area contributed by atoms with Crippen LogP contribution in [0, 0.1) is 6.92 Å². The first-order valence-corrected chi connectivity index (χ1v) is 8.02. The van der Waals surface area contributed by atoms with E-state index in [1.807, 2.05) is 13.0 Å². The number of aryl methyl sites for hydroxylation is 1. The minimum absolute atomic E-state index is 0.133. The summed E-state index contributed by atoms with van der Waals surface area (Å²) in [4.78, 5) is 21.0. The third kappa shape index (κ3) is 5.22. The van der Waals surface area contributed by atoms with Gasteiger partial charge in [0.15, 0.2) is 0 Å². The van der Waals surface area contributed by atoms with E-state index in [1.165, 1.54) is 7.11 Å². The summed E-state index contributed by atoms with van der Waals surface area (Å²) in [5.74, 6) is -0.133. The van der Waals surface area contributed by atoms with E-state index >= 15 is 0 Å². The normalized spacial score (nSPS) is 11.2. The van der Waals surface area contributed by atoms with Gasteiger partial charge in [0.1, 0.15) is 7.11 Å². The van der Waals surface area contributed by atoms with Gasteiger partial charge in [0.2, 0.25) is 5.91 Å². The van der Waals surface area contributed by atoms with Crippen LogP contribution >= 0.6 is 23.2 Å². The maximum absolute atomic E-state index is 12.1. The number of amides is 1. The van der Waals surface area contributed by atoms with Crippen LogP contribution < -0.4 is 5.32 Å². The van der Waals surface area contributed by atoms with Crippen LogP contribution in [0.25, 0.3) is 0 Å². The molecule has 1 amide bonds. The molecule has 24 heavy (non-hydrogen) atoms. The largest absolute Gasteiger partial charge is 0.399 e. The number of carbonyl (C=O) groups is 1. The standard InChI is InChI=1S/C17H17Cl2N3O2/c1-11-7-13(10-20-9-11)21-17(23)6-5-16(22-24-2)12-3-4-14(18)15(19)8-12/h3-4,7-10H,5-6H2,1-2H3,(H,21,23)/b22-16-. The van der Waals surface area contributed by atoms with E-state index in [0.717, 1.165) is 11.1 Å². The lowest BCUT2D eigenvalue weighted by Gasteiger charge is -2.08. The third-order valence-electron chi connectivity index (χ3n) is 3.20. The Morgan fingerprint density at radius 3 is 2.67 bits per heavy atom. The molecule has 1 aromatic carbocycles. The van der Waals surface area contributed by atoms with Crippen molar-refractivity contribution in [2.24, 2.45) is 5.16 Å². The van der Waals surface area contributed by atoms with Crippen molar-refractivity contribution in [3.63, 3.8) is 0 Å². The van der Waals surface area contributed by atoms with Crippen molar-refractivity contribution < 1.29 is 9.63 Å². The van der Waals surface area contributed by atoms with Gasteiger partial charge in [-0.05, 0) is 30.7 Å². The van der Waals surface area contributed by atoms with Gasteiger partial charge >= 0.3 is 0 Å². The fraction of sp³-hybridized carbons (Fsp3) is 0.235. The summed E-state index contributed by atoms with van der Waals surface area (Å²) >= 11 is 11.9. The first kappa shape index (κ1) is 18.2. The van der Waals surface area contributed by atoms with Crippen molar-refractivity contribution in [2.75, 3.05) is 12.4 Å². The molecule has 0 aliphatic rings. The predicted molar refractivity (Wildman–Crippen MR) is 96.8 cm³/mol. The summed E-state index contributed by atoms with van der Waals surface area (Å²) in [5, 5.41) is 7.67. The van der Waals surface area contributed by atoms with E-state index < -0.39 is 0 Å². The Kier molecular flexibility index (Phi) is 6.58. The highest BCUT2D eigenvalue weighted by molar-refractivity contribution is 6.42. The van der Waals surface area contributed by atoms with Crippen LogP contribution in [-0.2, 0) is 9.63 Å². The minimum atomic E-state index is -0.133. The van der Waals surface area contributed by atoms with Gasteiger partial charge in [-0.1, -0.05) is 34.4 Å². The molecule has 2 rings (SSSR count). The lowest BCUT2D eigenvalue weighted by molar-refractivity contribution is -0.116. The summed E-state index contributed by atoms with van der Waals surface area (Å²) < 4.78 is 0. The Morgan fingerprint density at radius 2 is 2.00 bits per heavy atom. The monoisotopic (exact) mass is 365 g/mol. The number of nitrogens with zero attached hydrogens (tertiary/aromatic N) is 2. The van der Waals surface area contributed by atoms with E-state index in [1.54, 1.807) is 30.6 Å². The lowest BCUT2D eigenvalue weighted by Crippen LogP contribution is -2.14. The van der Waals surface area contributed by atoms with Crippen LogP contribution in [0.15, 0.2) is 41.8 Å². The number of oxime groups is 1. The highest BCUT2D eigenvalue weighted by atomic mass is 35.5. The Bertz CT molecular complexity index is 763. The van der Waals surface area contributed by atoms with Gasteiger partial charge in [-0.2, -0.15) is 0 Å². The van der Waals surface area contributed by atoms with Crippen molar-refractivity contribution in [1.29, 1.82) is 0 Å². The second-order valence-corrected chi connectivity index (χ2v) is 5.96. The summed E-state index contributed by atoms with van der Waals surface area (Å²) in [6, 6.07) is 7.02. The van der Waals surface area contributed by atoms with Crippen molar-refractivity contribution in [3.8, 4) is 0 Å². The van der Waals surface area contributed by atoms with E-state index in [2.05, 4.69) is 15.5 Å². The number of nitrogens with one attached hydrogen (secondary N) is 1. The second-order valence-electron chi connectivity index (χ2n) is 5.15. The average Bonchev–Trinajstić information content (AvgIpc) is 2.54. The topological polar surface area (TPSA) is 63.6 Å². The zero-order valence-corrected chi connectivity index (χ0v) is 14.9. The number of aromatic nitrogens is 1. The molecule has 0 aliphatic carbocycles. The van der Waals surface area contributed by atoms with Gasteiger partial charge in [0.05, 0.1) is 27.6 Å². The number of pyridine rings is 1. The molecule has 5 nitrogen and oxygen atoms in total. The van der Waals surface area contributed by atoms with E-state index in [9.17, 15) is 4.79 Å². The number of hydrogen-bond donors (Lipinski definition) is 1. The second kappa shape index (κ2) is 8.66. The number of rotatable bonds is 6. The highest BCUT2D eigenvalue weighted by Gasteiger charge is 2.11. The number of hydrogen-bond acceptors (Lipinski definition) is 4. The molecule has 0 spiro atoms. The summed E-state index contributed by atoms with van der Waals surface area (Å²) in [7, 11) is 1.45. The summed E-state index contributed by atoms with van der Waals surface area (Å²) in [6.07, 6.45) is 3.98. The molecular weight excluding hydrogens is 349 g/mol. The molecule has 0 bridgehead atoms. The summed E-state index contributed by atoms with van der Waals surface area (Å²) in [6.45, 7) is 1.91. The van der Waals surface area contributed by atoms with E-state index in [-0.39, 0.29) is 12.3 Å². The molecule has 126 valence electrons. The third-order valence-corrected chi connectivity index (χ3v) is 3.94. The Labute approximate surface area is 150 Å². The molecule has 1 heterocycles. The molecule has 1 aromatic heterocycles. The predicted octanol–water partition coefficient (Wildman–Crippen LogP) is 4.47. The van der Waals surface area contributed by atoms with Crippen LogP contribution in [0.4, 0.5) is 5.69 Å². The van der Waals surface area contributed by atoms with E-state index in [0.29, 0.717) is 27.9 Å². The molecule has 0 unspecified atom stereocenters. The SMILES string of the molecule is CO/N=C(/CCC(=O)Nc1cncc(C)c1)c1ccc(Cl)c(Cl)c1. The molecule has 0 saturated heterocycles. The number of benzene rings is 1. The van der Waals surface area contributed by atoms with Crippen LogP contribution in [0.5, 0.6) is 0 Å². The van der Waals surface area contributed by atoms with Crippen LogP contribution in [0.2, 0.25) is 10.0 Å². The van der Waals surface area contributed by atoms with Crippen molar-refractivity contribution in [3.05, 3.63) is 57.8 Å². The average molecular weight is 366 g/mol. The molecular formula is C17H17Cl2N3O2. The molecule has 0 saturated carbocycles. The molecule has 0 atom stereocenters. The van der Waals surface area contributed by atoms with E-state index in [4.69, 9.17) is 28.0 Å². The Morgan fingerprint density at radius 1 is 1.21 bits per heavy atom. The molecule has 2 aromatic rings. The van der Waals surface area contributed by atoms with Crippen LogP contribution in [-0.4, -0.2) is 23.7 Å². The van der Waals surface area contributed by atoms with Crippen molar-refractivity contribution in [1.82, 2.24) is 4.98 Å². The van der Waals surface area contributed by atoms with Crippen molar-refractivity contribution in [2.45, 2.75) is 19.8 Å². The van der Waals surface area contributed by atoms with Gasteiger partial charge in [-0.15, -0.1) is 0 Å². The molecule has 7 heteroatoms. The van der Waals surface area contributed by atoms with Gasteiger partial charge < -0.3 is 10.2 Å². The Hall–Kier alpha value is -2.11. The number of carbonyl (C=O) groups excluding carboxylic acids is 1.